The van der Waals surface area contributed by atoms with E-state index in [-0.39, 0.29) is 11.4 Å². The van der Waals surface area contributed by atoms with E-state index >= 15 is 0 Å². The Bertz CT molecular complexity index is 348. The van der Waals surface area contributed by atoms with Crippen LogP contribution in [-0.2, 0) is 7.05 Å². The number of carboxylic acid groups (broad SMARTS) is 1. The summed E-state index contributed by atoms with van der Waals surface area (Å²) >= 11 is 0. The second-order valence-corrected chi connectivity index (χ2v) is 2.07. The lowest BCUT2D eigenvalue weighted by molar-refractivity contribution is 0.0691. The third-order valence-corrected chi connectivity index (χ3v) is 1.30. The first-order valence-electron chi connectivity index (χ1n) is 2.81. The molecular weight excluding hydrogens is 150 g/mol. The maximum Gasteiger partial charge on any atom is 0.356 e. The summed E-state index contributed by atoms with van der Waals surface area (Å²) in [5, 5.41) is 10.7. The molecule has 0 amide bonds. The van der Waals surface area contributed by atoms with Gasteiger partial charge in [-0.2, -0.15) is 0 Å². The fraction of sp³-hybridized carbons (Fsp3) is 0.200. The Morgan fingerprint density at radius 3 is 2.45 bits per heavy atom. The van der Waals surface area contributed by atoms with Gasteiger partial charge in [0, 0.05) is 7.05 Å². The van der Waals surface area contributed by atoms with Gasteiger partial charge in [0.05, 0.1) is 0 Å². The van der Waals surface area contributed by atoms with Crippen molar-refractivity contribution in [3.8, 4) is 0 Å². The highest BCUT2D eigenvalue weighted by Gasteiger charge is 2.14. The molecule has 0 aliphatic heterocycles. The highest BCUT2D eigenvalue weighted by Crippen LogP contribution is 2.00. The largest absolute Gasteiger partial charge is 0.476 e. The molecule has 0 bridgehead atoms. The molecule has 1 aromatic rings. The third kappa shape index (κ3) is 0.977. The molecule has 11 heavy (non-hydrogen) atoms. The lowest BCUT2D eigenvalue weighted by atomic mass is 10.4. The number of aromatic amines is 1. The van der Waals surface area contributed by atoms with Crippen LogP contribution in [0.15, 0.2) is 4.79 Å². The first-order valence-corrected chi connectivity index (χ1v) is 2.81. The summed E-state index contributed by atoms with van der Waals surface area (Å²) in [5.41, 5.74) is 4.10. The van der Waals surface area contributed by atoms with Gasteiger partial charge in [-0.3, -0.25) is 14.6 Å². The molecule has 0 aliphatic carbocycles. The topological polar surface area (TPSA) is 101 Å². The summed E-state index contributed by atoms with van der Waals surface area (Å²) in [5.74, 6) is -1.24. The number of rotatable bonds is 1. The van der Waals surface area contributed by atoms with Gasteiger partial charge < -0.3 is 10.8 Å². The Morgan fingerprint density at radius 2 is 2.27 bits per heavy atom. The molecule has 0 saturated carbocycles. The van der Waals surface area contributed by atoms with Gasteiger partial charge in [-0.25, -0.2) is 4.79 Å². The van der Waals surface area contributed by atoms with Gasteiger partial charge in [0.2, 0.25) is 0 Å². The zero-order valence-electron chi connectivity index (χ0n) is 5.79. The van der Waals surface area contributed by atoms with Gasteiger partial charge in [0.1, 0.15) is 5.69 Å². The van der Waals surface area contributed by atoms with Gasteiger partial charge in [0.15, 0.2) is 5.69 Å². The predicted octanol–water partition coefficient (Wildman–Crippen LogP) is -1.01. The molecule has 0 radical (unpaired) electrons. The molecule has 0 aliphatic rings. The van der Waals surface area contributed by atoms with E-state index in [1.807, 2.05) is 0 Å². The number of anilines is 1. The predicted molar refractivity (Wildman–Crippen MR) is 37.4 cm³/mol. The molecule has 6 nitrogen and oxygen atoms in total. The number of aromatic nitrogens is 2. The second-order valence-electron chi connectivity index (χ2n) is 2.07. The number of hydrogen-bond acceptors (Lipinski definition) is 3. The van der Waals surface area contributed by atoms with Gasteiger partial charge >= 0.3 is 5.97 Å². The number of nitrogen functional groups attached to an aromatic ring is 1. The average molecular weight is 157 g/mol. The summed E-state index contributed by atoms with van der Waals surface area (Å²) in [6.45, 7) is 0. The van der Waals surface area contributed by atoms with Crippen LogP contribution in [0.4, 0.5) is 5.69 Å². The number of aromatic carboxylic acids is 1. The van der Waals surface area contributed by atoms with Gasteiger partial charge in [-0.15, -0.1) is 0 Å². The highest BCUT2D eigenvalue weighted by atomic mass is 16.4. The molecule has 1 heterocycles. The van der Waals surface area contributed by atoms with E-state index in [1.54, 1.807) is 0 Å². The van der Waals surface area contributed by atoms with Crippen LogP contribution >= 0.6 is 0 Å². The molecule has 0 unspecified atom stereocenters. The fourth-order valence-corrected chi connectivity index (χ4v) is 0.729. The molecule has 1 aromatic heterocycles. The van der Waals surface area contributed by atoms with E-state index in [9.17, 15) is 9.59 Å². The van der Waals surface area contributed by atoms with Crippen molar-refractivity contribution in [1.82, 2.24) is 9.78 Å². The molecule has 0 aromatic carbocycles. The van der Waals surface area contributed by atoms with Crippen LogP contribution in [-0.4, -0.2) is 20.9 Å². The third-order valence-electron chi connectivity index (χ3n) is 1.30. The standard InChI is InChI=1S/C5H7N3O3/c1-8-4(9)2(6)3(7-8)5(10)11/h7H,6H2,1H3,(H,10,11). The molecule has 1 rings (SSSR count). The zero-order chi connectivity index (χ0) is 8.59. The van der Waals surface area contributed by atoms with Crippen molar-refractivity contribution in [2.45, 2.75) is 0 Å². The van der Waals surface area contributed by atoms with Crippen LogP contribution in [0.1, 0.15) is 10.5 Å². The van der Waals surface area contributed by atoms with E-state index in [1.165, 1.54) is 7.05 Å². The number of hydrogen-bond donors (Lipinski definition) is 3. The molecule has 0 saturated heterocycles. The van der Waals surface area contributed by atoms with E-state index in [0.29, 0.717) is 0 Å². The van der Waals surface area contributed by atoms with Crippen molar-refractivity contribution in [1.29, 1.82) is 0 Å². The summed E-state index contributed by atoms with van der Waals surface area (Å²) in [6.07, 6.45) is 0. The van der Waals surface area contributed by atoms with Gasteiger partial charge in [0.25, 0.3) is 5.56 Å². The Labute approximate surface area is 61.2 Å². The Hall–Kier alpha value is -1.72. The van der Waals surface area contributed by atoms with Crippen molar-refractivity contribution >= 4 is 11.7 Å². The van der Waals surface area contributed by atoms with E-state index in [0.717, 1.165) is 4.68 Å². The molecule has 0 atom stereocenters. The van der Waals surface area contributed by atoms with E-state index < -0.39 is 11.5 Å². The summed E-state index contributed by atoms with van der Waals surface area (Å²) in [6, 6.07) is 0. The minimum absolute atomic E-state index is 0.264. The van der Waals surface area contributed by atoms with Crippen LogP contribution in [0.5, 0.6) is 0 Å². The minimum Gasteiger partial charge on any atom is -0.476 e. The number of nitrogens with two attached hydrogens (primary N) is 1. The van der Waals surface area contributed by atoms with Crippen molar-refractivity contribution in [3.05, 3.63) is 16.0 Å². The summed E-state index contributed by atoms with van der Waals surface area (Å²) < 4.78 is 1.01. The van der Waals surface area contributed by atoms with Crippen LogP contribution in [0.2, 0.25) is 0 Å². The number of nitrogens with zero attached hydrogens (tertiary/aromatic N) is 1. The lowest BCUT2D eigenvalue weighted by Crippen LogP contribution is -2.14. The summed E-state index contributed by atoms with van der Waals surface area (Å²) in [7, 11) is 1.39. The quantitative estimate of drug-likeness (QED) is 0.486. The maximum absolute atomic E-state index is 10.8. The van der Waals surface area contributed by atoms with Crippen LogP contribution in [0.3, 0.4) is 0 Å². The van der Waals surface area contributed by atoms with Crippen molar-refractivity contribution < 1.29 is 9.90 Å². The molecule has 0 spiro atoms. The van der Waals surface area contributed by atoms with Crippen LogP contribution in [0, 0.1) is 0 Å². The number of nitrogens with one attached hydrogen (secondary N) is 1. The van der Waals surface area contributed by atoms with Gasteiger partial charge in [-0.05, 0) is 0 Å². The molecule has 0 fully saturated rings. The van der Waals surface area contributed by atoms with Crippen molar-refractivity contribution in [3.63, 3.8) is 0 Å². The zero-order valence-corrected chi connectivity index (χ0v) is 5.79. The normalized spacial score (nSPS) is 9.91. The average Bonchev–Trinajstić information content (AvgIpc) is 2.17. The van der Waals surface area contributed by atoms with E-state index in [4.69, 9.17) is 10.8 Å². The van der Waals surface area contributed by atoms with Crippen LogP contribution in [0.25, 0.3) is 0 Å². The fourth-order valence-electron chi connectivity index (χ4n) is 0.729. The molecule has 4 N–H and O–H groups in total. The Balaban J connectivity index is 3.42. The summed E-state index contributed by atoms with van der Waals surface area (Å²) in [4.78, 5) is 21.2. The lowest BCUT2D eigenvalue weighted by Gasteiger charge is -1.86. The first kappa shape index (κ1) is 7.39. The first-order chi connectivity index (χ1) is 5.04. The SMILES string of the molecule is Cn1[nH]c(C(=O)O)c(N)c1=O. The molecular formula is C5H7N3O3. The Morgan fingerprint density at radius 1 is 1.73 bits per heavy atom. The Kier molecular flexibility index (Phi) is 1.45. The van der Waals surface area contributed by atoms with Crippen LogP contribution < -0.4 is 11.3 Å². The second kappa shape index (κ2) is 2.15. The molecule has 60 valence electrons. The number of H-pyrrole nitrogens is 1. The molecule has 6 heteroatoms. The highest BCUT2D eigenvalue weighted by molar-refractivity contribution is 5.90. The number of aryl methyl sites for hydroxylation is 1. The monoisotopic (exact) mass is 157 g/mol. The number of carboxylic acids is 1. The minimum atomic E-state index is -1.24. The maximum atomic E-state index is 10.8. The van der Waals surface area contributed by atoms with Gasteiger partial charge in [-0.1, -0.05) is 0 Å². The smallest absolute Gasteiger partial charge is 0.356 e. The van der Waals surface area contributed by atoms with E-state index in [2.05, 4.69) is 5.10 Å². The van der Waals surface area contributed by atoms with Crippen molar-refractivity contribution in [2.24, 2.45) is 7.05 Å². The van der Waals surface area contributed by atoms with Crippen molar-refractivity contribution in [2.75, 3.05) is 5.73 Å². The number of carbonyl (C=O) groups is 1.